The molecule has 6 heteroatoms. The average Bonchev–Trinajstić information content (AvgIpc) is 2.62. The van der Waals surface area contributed by atoms with Crippen molar-refractivity contribution in [3.63, 3.8) is 0 Å². The van der Waals surface area contributed by atoms with Crippen molar-refractivity contribution < 1.29 is 10.2 Å². The van der Waals surface area contributed by atoms with Gasteiger partial charge in [0.1, 0.15) is 0 Å². The molecule has 3 aromatic rings. The maximum Gasteiger partial charge on any atom is 0.267 e. The van der Waals surface area contributed by atoms with Crippen molar-refractivity contribution >= 4 is 0 Å². The molecule has 6 nitrogen and oxygen atoms in total. The summed E-state index contributed by atoms with van der Waals surface area (Å²) in [7, 11) is 0. The molecule has 0 aliphatic carbocycles. The molecule has 2 heterocycles. The minimum Gasteiger partial charge on any atom is -0.364 e. The van der Waals surface area contributed by atoms with E-state index in [1.807, 2.05) is 44.2 Å². The second-order valence-corrected chi connectivity index (χ2v) is 6.00. The number of aromatic nitrogens is 3. The summed E-state index contributed by atoms with van der Waals surface area (Å²) in [6.07, 6.45) is -0.207. The molecule has 0 saturated heterocycles. The molecule has 0 unspecified atom stereocenters. The molecule has 0 amide bonds. The van der Waals surface area contributed by atoms with E-state index >= 15 is 0 Å². The topological polar surface area (TPSA) is 88.2 Å². The third-order valence-electron chi connectivity index (χ3n) is 3.84. The molecule has 0 aliphatic heterocycles. The van der Waals surface area contributed by atoms with E-state index in [2.05, 4.69) is 10.1 Å². The lowest BCUT2D eigenvalue weighted by Gasteiger charge is -2.14. The summed E-state index contributed by atoms with van der Waals surface area (Å²) >= 11 is 0. The highest BCUT2D eigenvalue weighted by atomic mass is 16.5. The van der Waals surface area contributed by atoms with E-state index < -0.39 is 6.29 Å². The fourth-order valence-corrected chi connectivity index (χ4v) is 2.58. The maximum absolute atomic E-state index is 12.0. The molecule has 0 fully saturated rings. The summed E-state index contributed by atoms with van der Waals surface area (Å²) in [6, 6.07) is 14.2. The smallest absolute Gasteiger partial charge is 0.267 e. The van der Waals surface area contributed by atoms with Gasteiger partial charge in [-0.2, -0.15) is 5.10 Å². The molecular formula is C19H19N3O3. The van der Waals surface area contributed by atoms with Gasteiger partial charge in [-0.15, -0.1) is 0 Å². The summed E-state index contributed by atoms with van der Waals surface area (Å²) in [4.78, 5) is 16.4. The molecule has 0 atom stereocenters. The van der Waals surface area contributed by atoms with Gasteiger partial charge in [0.05, 0.1) is 17.4 Å². The van der Waals surface area contributed by atoms with Gasteiger partial charge in [0, 0.05) is 29.0 Å². The van der Waals surface area contributed by atoms with Crippen molar-refractivity contribution in [2.24, 2.45) is 0 Å². The Kier molecular flexibility index (Phi) is 4.74. The van der Waals surface area contributed by atoms with Crippen molar-refractivity contribution in [3.05, 3.63) is 70.6 Å². The summed E-state index contributed by atoms with van der Waals surface area (Å²) in [5.41, 5.74) is 2.78. The Hall–Kier alpha value is -2.83. The van der Waals surface area contributed by atoms with Gasteiger partial charge in [-0.3, -0.25) is 9.78 Å². The van der Waals surface area contributed by atoms with Crippen molar-refractivity contribution in [2.75, 3.05) is 0 Å². The van der Waals surface area contributed by atoms with Crippen LogP contribution >= 0.6 is 0 Å². The predicted octanol–water partition coefficient (Wildman–Crippen LogP) is 2.54. The number of rotatable bonds is 4. The van der Waals surface area contributed by atoms with Crippen LogP contribution in [0.4, 0.5) is 0 Å². The fourth-order valence-electron chi connectivity index (χ4n) is 2.58. The summed E-state index contributed by atoms with van der Waals surface area (Å²) in [5, 5.41) is 23.4. The molecule has 3 rings (SSSR count). The van der Waals surface area contributed by atoms with E-state index in [0.717, 1.165) is 5.56 Å². The highest BCUT2D eigenvalue weighted by Gasteiger charge is 2.15. The van der Waals surface area contributed by atoms with Crippen LogP contribution in [-0.2, 0) is 0 Å². The van der Waals surface area contributed by atoms with E-state index in [1.54, 1.807) is 12.1 Å². The molecule has 2 aromatic heterocycles. The first kappa shape index (κ1) is 17.0. The maximum atomic E-state index is 12.0. The molecule has 0 spiro atoms. The highest BCUT2D eigenvalue weighted by molar-refractivity contribution is 5.79. The monoisotopic (exact) mass is 337 g/mol. The highest BCUT2D eigenvalue weighted by Crippen LogP contribution is 2.30. The van der Waals surface area contributed by atoms with Gasteiger partial charge in [0.25, 0.3) is 5.56 Å². The van der Waals surface area contributed by atoms with Gasteiger partial charge in [-0.25, -0.2) is 4.68 Å². The molecule has 25 heavy (non-hydrogen) atoms. The van der Waals surface area contributed by atoms with E-state index in [4.69, 9.17) is 0 Å². The Morgan fingerprint density at radius 3 is 2.40 bits per heavy atom. The second kappa shape index (κ2) is 6.96. The first-order valence-electron chi connectivity index (χ1n) is 7.99. The van der Waals surface area contributed by atoms with Crippen LogP contribution in [0.3, 0.4) is 0 Å². The Morgan fingerprint density at radius 1 is 1.04 bits per heavy atom. The fraction of sp³-hybridized carbons (Fsp3) is 0.211. The Morgan fingerprint density at radius 2 is 1.76 bits per heavy atom. The number of nitrogens with zero attached hydrogens (tertiary/aromatic N) is 3. The molecule has 128 valence electrons. The molecule has 0 aliphatic rings. The number of pyridine rings is 1. The Bertz CT molecular complexity index is 934. The first-order chi connectivity index (χ1) is 12.0. The number of hydrogen-bond acceptors (Lipinski definition) is 5. The number of aliphatic hydroxyl groups is 2. The van der Waals surface area contributed by atoms with E-state index in [0.29, 0.717) is 17.0 Å². The molecule has 2 N–H and O–H groups in total. The standard InChI is InChI=1S/C19H19N3O3/c1-12(2)22-17(23)9-8-16(21-22)15-10-14(19(24)25)11-20-18(15)13-6-4-3-5-7-13/h3-12,19,24-25H,1-2H3. The average molecular weight is 337 g/mol. The predicted molar refractivity (Wildman–Crippen MR) is 94.7 cm³/mol. The Labute approximate surface area is 145 Å². The van der Waals surface area contributed by atoms with Gasteiger partial charge in [0.2, 0.25) is 0 Å². The lowest BCUT2D eigenvalue weighted by Crippen LogP contribution is -2.24. The van der Waals surface area contributed by atoms with E-state index in [1.165, 1.54) is 16.9 Å². The summed E-state index contributed by atoms with van der Waals surface area (Å²) in [6.45, 7) is 3.75. The number of aliphatic hydroxyl groups excluding tert-OH is 1. The largest absolute Gasteiger partial charge is 0.364 e. The van der Waals surface area contributed by atoms with Gasteiger partial charge in [0.15, 0.2) is 6.29 Å². The van der Waals surface area contributed by atoms with Gasteiger partial charge in [-0.05, 0) is 26.0 Å². The zero-order chi connectivity index (χ0) is 18.0. The molecule has 0 radical (unpaired) electrons. The SMILES string of the molecule is CC(C)n1nc(-c2cc(C(O)O)cnc2-c2ccccc2)ccc1=O. The normalized spacial score (nSPS) is 11.3. The molecule has 0 bridgehead atoms. The molecule has 1 aromatic carbocycles. The zero-order valence-electron chi connectivity index (χ0n) is 14.0. The third-order valence-corrected chi connectivity index (χ3v) is 3.84. The van der Waals surface area contributed by atoms with Crippen LogP contribution in [0.1, 0.15) is 31.7 Å². The number of benzene rings is 1. The van der Waals surface area contributed by atoms with Crippen molar-refractivity contribution in [2.45, 2.75) is 26.2 Å². The first-order valence-corrected chi connectivity index (χ1v) is 7.99. The van der Waals surface area contributed by atoms with Gasteiger partial charge < -0.3 is 10.2 Å². The summed E-state index contributed by atoms with van der Waals surface area (Å²) < 4.78 is 1.39. The van der Waals surface area contributed by atoms with Crippen LogP contribution in [0.5, 0.6) is 0 Å². The lowest BCUT2D eigenvalue weighted by atomic mass is 10.0. The van der Waals surface area contributed by atoms with Crippen LogP contribution < -0.4 is 5.56 Å². The van der Waals surface area contributed by atoms with Gasteiger partial charge >= 0.3 is 0 Å². The van der Waals surface area contributed by atoms with Crippen molar-refractivity contribution in [1.82, 2.24) is 14.8 Å². The van der Waals surface area contributed by atoms with Crippen LogP contribution in [-0.4, -0.2) is 25.0 Å². The van der Waals surface area contributed by atoms with Gasteiger partial charge in [-0.1, -0.05) is 30.3 Å². The van der Waals surface area contributed by atoms with Crippen LogP contribution in [0.15, 0.2) is 59.5 Å². The lowest BCUT2D eigenvalue weighted by molar-refractivity contribution is -0.0426. The van der Waals surface area contributed by atoms with Crippen molar-refractivity contribution in [3.8, 4) is 22.5 Å². The minimum atomic E-state index is -1.63. The summed E-state index contributed by atoms with van der Waals surface area (Å²) in [5.74, 6) is 0. The number of hydrogen-bond donors (Lipinski definition) is 2. The quantitative estimate of drug-likeness (QED) is 0.714. The van der Waals surface area contributed by atoms with E-state index in [-0.39, 0.29) is 17.2 Å². The molecule has 0 saturated carbocycles. The minimum absolute atomic E-state index is 0.0906. The van der Waals surface area contributed by atoms with E-state index in [9.17, 15) is 15.0 Å². The van der Waals surface area contributed by atoms with Crippen LogP contribution in [0.25, 0.3) is 22.5 Å². The third kappa shape index (κ3) is 3.50. The zero-order valence-corrected chi connectivity index (χ0v) is 14.0. The molecular weight excluding hydrogens is 318 g/mol. The second-order valence-electron chi connectivity index (χ2n) is 6.00. The van der Waals surface area contributed by atoms with Crippen LogP contribution in [0.2, 0.25) is 0 Å². The van der Waals surface area contributed by atoms with Crippen molar-refractivity contribution in [1.29, 1.82) is 0 Å². The Balaban J connectivity index is 2.24. The van der Waals surface area contributed by atoms with Crippen LogP contribution in [0, 0.1) is 0 Å².